The highest BCUT2D eigenvalue weighted by molar-refractivity contribution is 5.19. The van der Waals surface area contributed by atoms with Gasteiger partial charge in [-0.3, -0.25) is 0 Å². The zero-order valence-electron chi connectivity index (χ0n) is 9.39. The van der Waals surface area contributed by atoms with Crippen LogP contribution in [0.3, 0.4) is 0 Å². The quantitative estimate of drug-likeness (QED) is 0.811. The number of aliphatic hydroxyl groups is 1. The van der Waals surface area contributed by atoms with E-state index in [1.54, 1.807) is 6.07 Å². The molecule has 0 heterocycles. The molecule has 0 radical (unpaired) electrons. The highest BCUT2D eigenvalue weighted by atomic mass is 19.4. The summed E-state index contributed by atoms with van der Waals surface area (Å²) in [5, 5.41) is 9.79. The fourth-order valence-electron chi connectivity index (χ4n) is 1.55. The van der Waals surface area contributed by atoms with Crippen molar-refractivity contribution in [2.45, 2.75) is 38.0 Å². The first kappa shape index (κ1) is 14.0. The molecule has 5 heteroatoms. The first-order valence-corrected chi connectivity index (χ1v) is 5.22. The van der Waals surface area contributed by atoms with Crippen molar-refractivity contribution < 1.29 is 22.7 Å². The normalized spacial score (nSPS) is 15.6. The van der Waals surface area contributed by atoms with Crippen LogP contribution in [0, 0.1) is 5.82 Å². The molecule has 0 aromatic heterocycles. The average Bonchev–Trinajstić information content (AvgIpc) is 2.18. The topological polar surface area (TPSA) is 20.2 Å². The van der Waals surface area contributed by atoms with Gasteiger partial charge in [0.25, 0.3) is 0 Å². The van der Waals surface area contributed by atoms with E-state index in [9.17, 15) is 22.7 Å². The van der Waals surface area contributed by atoms with Gasteiger partial charge >= 0.3 is 6.18 Å². The van der Waals surface area contributed by atoms with Crippen molar-refractivity contribution in [1.82, 2.24) is 0 Å². The van der Waals surface area contributed by atoms with E-state index in [1.165, 1.54) is 25.1 Å². The van der Waals surface area contributed by atoms with Crippen LogP contribution in [-0.4, -0.2) is 16.9 Å². The Labute approximate surface area is 97.1 Å². The Balaban J connectivity index is 2.64. The van der Waals surface area contributed by atoms with Crippen molar-refractivity contribution in [2.75, 3.05) is 0 Å². The van der Waals surface area contributed by atoms with Gasteiger partial charge in [0.2, 0.25) is 0 Å². The van der Waals surface area contributed by atoms with Gasteiger partial charge in [-0.1, -0.05) is 18.2 Å². The van der Waals surface area contributed by atoms with Crippen LogP contribution >= 0.6 is 0 Å². The average molecular weight is 250 g/mol. The Morgan fingerprint density at radius 2 is 1.71 bits per heavy atom. The molecule has 0 aliphatic heterocycles. The molecule has 1 atom stereocenters. The monoisotopic (exact) mass is 250 g/mol. The number of halogens is 4. The standard InChI is InChI=1S/C12H14F4O/c1-11(17,6-7-12(14,15)16)8-9-4-2-3-5-10(9)13/h2-5,17H,6-8H2,1H3. The van der Waals surface area contributed by atoms with E-state index in [-0.39, 0.29) is 12.0 Å². The fraction of sp³-hybridized carbons (Fsp3) is 0.500. The van der Waals surface area contributed by atoms with Crippen molar-refractivity contribution in [1.29, 1.82) is 0 Å². The maximum atomic E-state index is 13.3. The summed E-state index contributed by atoms with van der Waals surface area (Å²) in [6.07, 6.45) is -5.95. The third-order valence-corrected chi connectivity index (χ3v) is 2.48. The largest absolute Gasteiger partial charge is 0.390 e. The first-order valence-electron chi connectivity index (χ1n) is 5.22. The third kappa shape index (κ3) is 5.17. The lowest BCUT2D eigenvalue weighted by molar-refractivity contribution is -0.145. The van der Waals surface area contributed by atoms with Gasteiger partial charge in [-0.2, -0.15) is 13.2 Å². The molecule has 17 heavy (non-hydrogen) atoms. The molecule has 1 unspecified atom stereocenters. The van der Waals surface area contributed by atoms with E-state index in [4.69, 9.17) is 0 Å². The molecule has 1 aromatic rings. The molecule has 1 nitrogen and oxygen atoms in total. The summed E-state index contributed by atoms with van der Waals surface area (Å²) in [6.45, 7) is 1.28. The van der Waals surface area contributed by atoms with Crippen LogP contribution in [0.5, 0.6) is 0 Å². The molecule has 96 valence electrons. The smallest absolute Gasteiger partial charge is 0.389 e. The summed E-state index contributed by atoms with van der Waals surface area (Å²) >= 11 is 0. The second-order valence-electron chi connectivity index (χ2n) is 4.38. The minimum Gasteiger partial charge on any atom is -0.390 e. The van der Waals surface area contributed by atoms with Crippen LogP contribution < -0.4 is 0 Å². The van der Waals surface area contributed by atoms with Gasteiger partial charge in [0, 0.05) is 12.8 Å². The summed E-state index contributed by atoms with van der Waals surface area (Å²) in [5.41, 5.74) is -1.34. The SMILES string of the molecule is CC(O)(CCC(F)(F)F)Cc1ccccc1F. The van der Waals surface area contributed by atoms with Crippen molar-refractivity contribution in [2.24, 2.45) is 0 Å². The molecule has 0 spiro atoms. The lowest BCUT2D eigenvalue weighted by Gasteiger charge is -2.24. The van der Waals surface area contributed by atoms with Crippen LogP contribution in [0.1, 0.15) is 25.3 Å². The van der Waals surface area contributed by atoms with Crippen LogP contribution in [0.25, 0.3) is 0 Å². The van der Waals surface area contributed by atoms with Crippen molar-refractivity contribution in [3.63, 3.8) is 0 Å². The Bertz CT molecular complexity index is 371. The Hall–Kier alpha value is -1.10. The highest BCUT2D eigenvalue weighted by Gasteiger charge is 2.32. The van der Waals surface area contributed by atoms with Gasteiger partial charge in [-0.25, -0.2) is 4.39 Å². The van der Waals surface area contributed by atoms with Gasteiger partial charge in [-0.15, -0.1) is 0 Å². The fourth-order valence-corrected chi connectivity index (χ4v) is 1.55. The summed E-state index contributed by atoms with van der Waals surface area (Å²) in [5.74, 6) is -0.514. The van der Waals surface area contributed by atoms with E-state index in [0.717, 1.165) is 0 Å². The molecule has 0 aliphatic carbocycles. The Morgan fingerprint density at radius 1 is 1.12 bits per heavy atom. The molecule has 1 N–H and O–H groups in total. The summed E-state index contributed by atoms with van der Waals surface area (Å²) < 4.78 is 49.3. The number of benzene rings is 1. The zero-order valence-corrected chi connectivity index (χ0v) is 9.39. The second kappa shape index (κ2) is 5.04. The lowest BCUT2D eigenvalue weighted by Crippen LogP contribution is -2.29. The lowest BCUT2D eigenvalue weighted by atomic mass is 9.91. The number of alkyl halides is 3. The van der Waals surface area contributed by atoms with Gasteiger partial charge in [-0.05, 0) is 25.0 Å². The molecule has 0 amide bonds. The second-order valence-corrected chi connectivity index (χ2v) is 4.38. The summed E-state index contributed by atoms with van der Waals surface area (Å²) in [6, 6.07) is 5.74. The van der Waals surface area contributed by atoms with Gasteiger partial charge < -0.3 is 5.11 Å². The van der Waals surface area contributed by atoms with Crippen molar-refractivity contribution >= 4 is 0 Å². The molecular weight excluding hydrogens is 236 g/mol. The van der Waals surface area contributed by atoms with Crippen molar-refractivity contribution in [3.05, 3.63) is 35.6 Å². The Morgan fingerprint density at radius 3 is 2.24 bits per heavy atom. The molecule has 1 rings (SSSR count). The predicted molar refractivity (Wildman–Crippen MR) is 56.0 cm³/mol. The number of hydrogen-bond acceptors (Lipinski definition) is 1. The summed E-state index contributed by atoms with van der Waals surface area (Å²) in [7, 11) is 0. The minimum absolute atomic E-state index is 0.129. The molecule has 0 fully saturated rings. The van der Waals surface area contributed by atoms with E-state index < -0.39 is 30.4 Å². The van der Waals surface area contributed by atoms with Crippen molar-refractivity contribution in [3.8, 4) is 0 Å². The number of hydrogen-bond donors (Lipinski definition) is 1. The maximum absolute atomic E-state index is 13.3. The molecular formula is C12H14F4O. The van der Waals surface area contributed by atoms with Crippen LogP contribution in [0.4, 0.5) is 17.6 Å². The molecule has 0 aliphatic rings. The molecule has 1 aromatic carbocycles. The minimum atomic E-state index is -4.31. The van der Waals surface area contributed by atoms with E-state index in [2.05, 4.69) is 0 Å². The van der Waals surface area contributed by atoms with Crippen LogP contribution in [0.15, 0.2) is 24.3 Å². The molecule has 0 saturated carbocycles. The highest BCUT2D eigenvalue weighted by Crippen LogP contribution is 2.28. The molecule has 0 saturated heterocycles. The summed E-state index contributed by atoms with van der Waals surface area (Å²) in [4.78, 5) is 0. The zero-order chi connectivity index (χ0) is 13.1. The van der Waals surface area contributed by atoms with E-state index in [0.29, 0.717) is 0 Å². The first-order chi connectivity index (χ1) is 7.70. The molecule has 0 bridgehead atoms. The van der Waals surface area contributed by atoms with E-state index in [1.807, 2.05) is 0 Å². The van der Waals surface area contributed by atoms with Gasteiger partial charge in [0.05, 0.1) is 5.60 Å². The predicted octanol–water partition coefficient (Wildman–Crippen LogP) is 3.46. The van der Waals surface area contributed by atoms with Gasteiger partial charge in [0.1, 0.15) is 5.82 Å². The van der Waals surface area contributed by atoms with Gasteiger partial charge in [0.15, 0.2) is 0 Å². The maximum Gasteiger partial charge on any atom is 0.389 e. The van der Waals surface area contributed by atoms with Crippen LogP contribution in [-0.2, 0) is 6.42 Å². The van der Waals surface area contributed by atoms with Crippen LogP contribution in [0.2, 0.25) is 0 Å². The third-order valence-electron chi connectivity index (χ3n) is 2.48. The Kier molecular flexibility index (Phi) is 4.14. The van der Waals surface area contributed by atoms with E-state index >= 15 is 0 Å². The number of rotatable bonds is 4.